The van der Waals surface area contributed by atoms with Crippen LogP contribution in [0.3, 0.4) is 0 Å². The summed E-state index contributed by atoms with van der Waals surface area (Å²) in [4.78, 5) is 26.5. The molecule has 5 heteroatoms. The van der Waals surface area contributed by atoms with Crippen molar-refractivity contribution in [1.82, 2.24) is 10.2 Å². The van der Waals surface area contributed by atoms with Crippen LogP contribution >= 0.6 is 0 Å². The van der Waals surface area contributed by atoms with E-state index in [9.17, 15) is 14.0 Å². The Morgan fingerprint density at radius 2 is 1.88 bits per heavy atom. The van der Waals surface area contributed by atoms with Crippen LogP contribution in [-0.4, -0.2) is 23.3 Å². The third-order valence-corrected chi connectivity index (χ3v) is 4.66. The number of carbonyl (C=O) groups is 2. The molecule has 25 heavy (non-hydrogen) atoms. The van der Waals surface area contributed by atoms with E-state index < -0.39 is 0 Å². The Balaban J connectivity index is 1.58. The van der Waals surface area contributed by atoms with Crippen LogP contribution in [0.25, 0.3) is 0 Å². The molecule has 1 N–H and O–H groups in total. The molecule has 130 valence electrons. The van der Waals surface area contributed by atoms with Gasteiger partial charge in [0, 0.05) is 19.5 Å². The molecular weight excluding hydrogens is 319 g/mol. The minimum atomic E-state index is -0.348. The highest BCUT2D eigenvalue weighted by molar-refractivity contribution is 5.89. The SMILES string of the molecule is C[C@@H](c1ccccc1)N1C[C@H](C(=O)NCc2ccc(F)cc2)CC1=O. The Hall–Kier alpha value is -2.69. The highest BCUT2D eigenvalue weighted by Gasteiger charge is 2.36. The summed E-state index contributed by atoms with van der Waals surface area (Å²) in [5.74, 6) is -0.792. The van der Waals surface area contributed by atoms with E-state index in [1.165, 1.54) is 12.1 Å². The first kappa shape index (κ1) is 17.1. The van der Waals surface area contributed by atoms with Gasteiger partial charge < -0.3 is 10.2 Å². The molecule has 0 aliphatic carbocycles. The Bertz CT molecular complexity index is 746. The Morgan fingerprint density at radius 1 is 1.20 bits per heavy atom. The number of benzene rings is 2. The lowest BCUT2D eigenvalue weighted by Crippen LogP contribution is -2.33. The number of likely N-dealkylation sites (tertiary alicyclic amines) is 1. The zero-order valence-corrected chi connectivity index (χ0v) is 14.1. The van der Waals surface area contributed by atoms with Crippen molar-refractivity contribution in [2.75, 3.05) is 6.54 Å². The molecule has 1 heterocycles. The van der Waals surface area contributed by atoms with E-state index in [-0.39, 0.29) is 36.0 Å². The molecule has 1 fully saturated rings. The van der Waals surface area contributed by atoms with E-state index in [4.69, 9.17) is 0 Å². The lowest BCUT2D eigenvalue weighted by molar-refractivity contribution is -0.130. The molecule has 2 atom stereocenters. The Labute approximate surface area is 146 Å². The first-order valence-corrected chi connectivity index (χ1v) is 8.41. The summed E-state index contributed by atoms with van der Waals surface area (Å²) < 4.78 is 12.9. The van der Waals surface area contributed by atoms with Gasteiger partial charge in [0.05, 0.1) is 12.0 Å². The van der Waals surface area contributed by atoms with Crippen LogP contribution < -0.4 is 5.32 Å². The van der Waals surface area contributed by atoms with Crippen LogP contribution in [0.5, 0.6) is 0 Å². The third kappa shape index (κ3) is 4.05. The highest BCUT2D eigenvalue weighted by atomic mass is 19.1. The topological polar surface area (TPSA) is 49.4 Å². The second-order valence-corrected chi connectivity index (χ2v) is 6.38. The predicted octanol–water partition coefficient (Wildman–Crippen LogP) is 3.05. The van der Waals surface area contributed by atoms with E-state index in [0.29, 0.717) is 13.1 Å². The van der Waals surface area contributed by atoms with Gasteiger partial charge in [-0.3, -0.25) is 9.59 Å². The molecule has 1 aliphatic heterocycles. The van der Waals surface area contributed by atoms with Gasteiger partial charge in [-0.1, -0.05) is 42.5 Å². The summed E-state index contributed by atoms with van der Waals surface area (Å²) in [6.07, 6.45) is 0.229. The van der Waals surface area contributed by atoms with E-state index in [1.54, 1.807) is 17.0 Å². The number of nitrogens with zero attached hydrogens (tertiary/aromatic N) is 1. The van der Waals surface area contributed by atoms with Gasteiger partial charge in [0.15, 0.2) is 0 Å². The maximum atomic E-state index is 12.9. The van der Waals surface area contributed by atoms with E-state index in [1.807, 2.05) is 37.3 Å². The Morgan fingerprint density at radius 3 is 2.56 bits per heavy atom. The number of hydrogen-bond donors (Lipinski definition) is 1. The van der Waals surface area contributed by atoms with Crippen molar-refractivity contribution >= 4 is 11.8 Å². The summed E-state index contributed by atoms with van der Waals surface area (Å²) in [5.41, 5.74) is 1.89. The zero-order valence-electron chi connectivity index (χ0n) is 14.1. The molecular formula is C20H21FN2O2. The smallest absolute Gasteiger partial charge is 0.225 e. The predicted molar refractivity (Wildman–Crippen MR) is 92.9 cm³/mol. The van der Waals surface area contributed by atoms with Crippen molar-refractivity contribution in [3.05, 3.63) is 71.5 Å². The van der Waals surface area contributed by atoms with Crippen molar-refractivity contribution in [3.63, 3.8) is 0 Å². The summed E-state index contributed by atoms with van der Waals surface area (Å²) in [6.45, 7) is 2.73. The van der Waals surface area contributed by atoms with E-state index in [2.05, 4.69) is 5.32 Å². The van der Waals surface area contributed by atoms with Crippen LogP contribution in [0.1, 0.15) is 30.5 Å². The molecule has 2 aromatic rings. The molecule has 0 bridgehead atoms. The van der Waals surface area contributed by atoms with Gasteiger partial charge in [0.25, 0.3) is 0 Å². The quantitative estimate of drug-likeness (QED) is 0.909. The van der Waals surface area contributed by atoms with Gasteiger partial charge in [-0.25, -0.2) is 4.39 Å². The molecule has 2 amide bonds. The molecule has 0 saturated carbocycles. The molecule has 0 spiro atoms. The zero-order chi connectivity index (χ0) is 17.8. The molecule has 0 aromatic heterocycles. The number of amides is 2. The fourth-order valence-corrected chi connectivity index (χ4v) is 3.13. The molecule has 0 radical (unpaired) electrons. The Kier molecular flexibility index (Phi) is 5.12. The van der Waals surface area contributed by atoms with Gasteiger partial charge in [0.2, 0.25) is 11.8 Å². The summed E-state index contributed by atoms with van der Waals surface area (Å²) in [7, 11) is 0. The molecule has 1 saturated heterocycles. The molecule has 3 rings (SSSR count). The number of halogens is 1. The first-order chi connectivity index (χ1) is 12.0. The number of carbonyl (C=O) groups excluding carboxylic acids is 2. The van der Waals surface area contributed by atoms with Crippen molar-refractivity contribution in [2.45, 2.75) is 25.9 Å². The average Bonchev–Trinajstić information content (AvgIpc) is 3.03. The van der Waals surface area contributed by atoms with Crippen LogP contribution in [0.4, 0.5) is 4.39 Å². The maximum Gasteiger partial charge on any atom is 0.225 e. The summed E-state index contributed by atoms with van der Waals surface area (Å²) in [5, 5.41) is 2.84. The largest absolute Gasteiger partial charge is 0.352 e. The summed E-state index contributed by atoms with van der Waals surface area (Å²) >= 11 is 0. The number of rotatable bonds is 5. The van der Waals surface area contributed by atoms with Gasteiger partial charge >= 0.3 is 0 Å². The van der Waals surface area contributed by atoms with Gasteiger partial charge in [-0.05, 0) is 30.2 Å². The van der Waals surface area contributed by atoms with Crippen molar-refractivity contribution in [1.29, 1.82) is 0 Å². The van der Waals surface area contributed by atoms with Gasteiger partial charge in [0.1, 0.15) is 5.82 Å². The van der Waals surface area contributed by atoms with Crippen LogP contribution in [-0.2, 0) is 16.1 Å². The van der Waals surface area contributed by atoms with Gasteiger partial charge in [-0.2, -0.15) is 0 Å². The average molecular weight is 340 g/mol. The second kappa shape index (κ2) is 7.47. The fraction of sp³-hybridized carbons (Fsp3) is 0.300. The number of nitrogens with one attached hydrogen (secondary N) is 1. The minimum absolute atomic E-state index is 0.00159. The maximum absolute atomic E-state index is 12.9. The van der Waals surface area contributed by atoms with Crippen LogP contribution in [0, 0.1) is 11.7 Å². The van der Waals surface area contributed by atoms with Crippen LogP contribution in [0.2, 0.25) is 0 Å². The highest BCUT2D eigenvalue weighted by Crippen LogP contribution is 2.28. The monoisotopic (exact) mass is 340 g/mol. The summed E-state index contributed by atoms with van der Waals surface area (Å²) in [6, 6.07) is 15.8. The standard InChI is InChI=1S/C20H21FN2O2/c1-14(16-5-3-2-4-6-16)23-13-17(11-19(23)24)20(25)22-12-15-7-9-18(21)10-8-15/h2-10,14,17H,11-13H2,1H3,(H,22,25)/t14-,17+/m0/s1. The first-order valence-electron chi connectivity index (χ1n) is 8.41. The normalized spacial score (nSPS) is 18.2. The van der Waals surface area contributed by atoms with Crippen molar-refractivity contribution < 1.29 is 14.0 Å². The minimum Gasteiger partial charge on any atom is -0.352 e. The van der Waals surface area contributed by atoms with E-state index in [0.717, 1.165) is 11.1 Å². The van der Waals surface area contributed by atoms with Crippen molar-refractivity contribution in [3.8, 4) is 0 Å². The third-order valence-electron chi connectivity index (χ3n) is 4.66. The second-order valence-electron chi connectivity index (χ2n) is 6.38. The lowest BCUT2D eigenvalue weighted by Gasteiger charge is -2.25. The lowest BCUT2D eigenvalue weighted by atomic mass is 10.1. The van der Waals surface area contributed by atoms with E-state index >= 15 is 0 Å². The molecule has 0 unspecified atom stereocenters. The van der Waals surface area contributed by atoms with Crippen molar-refractivity contribution in [2.24, 2.45) is 5.92 Å². The fourth-order valence-electron chi connectivity index (χ4n) is 3.13. The van der Waals surface area contributed by atoms with Gasteiger partial charge in [-0.15, -0.1) is 0 Å². The molecule has 4 nitrogen and oxygen atoms in total. The molecule has 2 aromatic carbocycles. The molecule has 1 aliphatic rings. The van der Waals surface area contributed by atoms with Crippen LogP contribution in [0.15, 0.2) is 54.6 Å². The number of hydrogen-bond acceptors (Lipinski definition) is 2.